The topological polar surface area (TPSA) is 51.8 Å². The average molecular weight is 299 g/mol. The second-order valence-electron chi connectivity index (χ2n) is 4.80. The third-order valence-electron chi connectivity index (χ3n) is 3.28. The SMILES string of the molecule is Cc1ccc(-c2nnc(C(N)c3ccccc3)s2)cc1F. The highest BCUT2D eigenvalue weighted by Gasteiger charge is 2.15. The van der Waals surface area contributed by atoms with Crippen LogP contribution in [0.3, 0.4) is 0 Å². The van der Waals surface area contributed by atoms with E-state index >= 15 is 0 Å². The molecule has 106 valence electrons. The Hall–Kier alpha value is -2.11. The normalized spacial score (nSPS) is 12.3. The van der Waals surface area contributed by atoms with Crippen molar-refractivity contribution in [3.63, 3.8) is 0 Å². The standard InChI is InChI=1S/C16H14FN3S/c1-10-7-8-12(9-13(10)17)15-19-20-16(21-15)14(18)11-5-3-2-4-6-11/h2-9,14H,18H2,1H3. The second-order valence-corrected chi connectivity index (χ2v) is 5.81. The number of hydrogen-bond donors (Lipinski definition) is 1. The molecule has 1 atom stereocenters. The molecular formula is C16H14FN3S. The summed E-state index contributed by atoms with van der Waals surface area (Å²) >= 11 is 1.39. The van der Waals surface area contributed by atoms with Crippen molar-refractivity contribution < 1.29 is 4.39 Å². The molecule has 0 saturated heterocycles. The summed E-state index contributed by atoms with van der Waals surface area (Å²) in [6.45, 7) is 1.73. The van der Waals surface area contributed by atoms with Crippen molar-refractivity contribution >= 4 is 11.3 Å². The Morgan fingerprint density at radius 2 is 1.86 bits per heavy atom. The van der Waals surface area contributed by atoms with Gasteiger partial charge in [-0.05, 0) is 24.1 Å². The van der Waals surface area contributed by atoms with Crippen LogP contribution in [-0.2, 0) is 0 Å². The van der Waals surface area contributed by atoms with Crippen molar-refractivity contribution in [1.82, 2.24) is 10.2 Å². The van der Waals surface area contributed by atoms with E-state index in [1.54, 1.807) is 13.0 Å². The zero-order valence-electron chi connectivity index (χ0n) is 11.5. The smallest absolute Gasteiger partial charge is 0.147 e. The van der Waals surface area contributed by atoms with Crippen molar-refractivity contribution in [2.75, 3.05) is 0 Å². The maximum atomic E-state index is 13.6. The lowest BCUT2D eigenvalue weighted by molar-refractivity contribution is 0.619. The van der Waals surface area contributed by atoms with Gasteiger partial charge in [0, 0.05) is 5.56 Å². The first-order valence-corrected chi connectivity index (χ1v) is 7.37. The Morgan fingerprint density at radius 1 is 1.10 bits per heavy atom. The highest BCUT2D eigenvalue weighted by atomic mass is 32.1. The number of halogens is 1. The van der Waals surface area contributed by atoms with Gasteiger partial charge in [-0.1, -0.05) is 53.8 Å². The van der Waals surface area contributed by atoms with Crippen molar-refractivity contribution in [3.8, 4) is 10.6 Å². The molecule has 1 heterocycles. The summed E-state index contributed by atoms with van der Waals surface area (Å²) in [6.07, 6.45) is 0. The molecule has 3 rings (SSSR count). The molecule has 1 unspecified atom stereocenters. The van der Waals surface area contributed by atoms with Crippen LogP contribution in [0.25, 0.3) is 10.6 Å². The van der Waals surface area contributed by atoms with Gasteiger partial charge in [-0.15, -0.1) is 10.2 Å². The van der Waals surface area contributed by atoms with Crippen LogP contribution < -0.4 is 5.73 Å². The molecule has 0 aliphatic rings. The van der Waals surface area contributed by atoms with E-state index in [9.17, 15) is 4.39 Å². The summed E-state index contributed by atoms with van der Waals surface area (Å²) in [6, 6.07) is 14.5. The molecule has 21 heavy (non-hydrogen) atoms. The largest absolute Gasteiger partial charge is 0.318 e. The highest BCUT2D eigenvalue weighted by Crippen LogP contribution is 2.29. The molecule has 0 fully saturated rings. The minimum Gasteiger partial charge on any atom is -0.318 e. The van der Waals surface area contributed by atoms with E-state index in [4.69, 9.17) is 5.73 Å². The number of benzene rings is 2. The zero-order chi connectivity index (χ0) is 14.8. The van der Waals surface area contributed by atoms with Crippen LogP contribution >= 0.6 is 11.3 Å². The van der Waals surface area contributed by atoms with E-state index in [0.29, 0.717) is 10.6 Å². The number of nitrogens with zero attached hydrogens (tertiary/aromatic N) is 2. The molecule has 0 aliphatic carbocycles. The van der Waals surface area contributed by atoms with E-state index in [2.05, 4.69) is 10.2 Å². The number of rotatable bonds is 3. The molecule has 0 spiro atoms. The van der Waals surface area contributed by atoms with Crippen molar-refractivity contribution in [2.45, 2.75) is 13.0 Å². The Morgan fingerprint density at radius 3 is 2.57 bits per heavy atom. The van der Waals surface area contributed by atoms with Gasteiger partial charge in [0.15, 0.2) is 0 Å². The molecule has 0 aliphatic heterocycles. The minimum absolute atomic E-state index is 0.239. The Balaban J connectivity index is 1.91. The summed E-state index contributed by atoms with van der Waals surface area (Å²) in [5, 5.41) is 9.66. The van der Waals surface area contributed by atoms with Crippen LogP contribution in [0.4, 0.5) is 4.39 Å². The molecule has 3 aromatic rings. The van der Waals surface area contributed by atoms with E-state index < -0.39 is 0 Å². The summed E-state index contributed by atoms with van der Waals surface area (Å²) in [5.41, 5.74) is 8.52. The quantitative estimate of drug-likeness (QED) is 0.802. The van der Waals surface area contributed by atoms with Gasteiger partial charge in [-0.2, -0.15) is 0 Å². The molecule has 0 saturated carbocycles. The fraction of sp³-hybridized carbons (Fsp3) is 0.125. The number of hydrogen-bond acceptors (Lipinski definition) is 4. The molecule has 2 aromatic carbocycles. The first kappa shape index (κ1) is 13.9. The van der Waals surface area contributed by atoms with Gasteiger partial charge in [0.1, 0.15) is 15.8 Å². The highest BCUT2D eigenvalue weighted by molar-refractivity contribution is 7.14. The summed E-state index contributed by atoms with van der Waals surface area (Å²) in [4.78, 5) is 0. The number of aryl methyl sites for hydroxylation is 1. The lowest BCUT2D eigenvalue weighted by Crippen LogP contribution is -2.11. The van der Waals surface area contributed by atoms with Gasteiger partial charge in [0.05, 0.1) is 6.04 Å². The molecule has 3 nitrogen and oxygen atoms in total. The van der Waals surface area contributed by atoms with Crippen LogP contribution in [0.2, 0.25) is 0 Å². The molecule has 1 aromatic heterocycles. The van der Waals surface area contributed by atoms with Crippen molar-refractivity contribution in [3.05, 3.63) is 70.5 Å². The minimum atomic E-state index is -0.312. The fourth-order valence-corrected chi connectivity index (χ4v) is 2.88. The van der Waals surface area contributed by atoms with E-state index in [1.807, 2.05) is 36.4 Å². The maximum absolute atomic E-state index is 13.6. The summed E-state index contributed by atoms with van der Waals surface area (Å²) < 4.78 is 13.6. The van der Waals surface area contributed by atoms with E-state index in [0.717, 1.165) is 16.1 Å². The maximum Gasteiger partial charge on any atom is 0.147 e. The third kappa shape index (κ3) is 2.84. The summed E-state index contributed by atoms with van der Waals surface area (Å²) in [5.74, 6) is -0.239. The molecule has 5 heteroatoms. The van der Waals surface area contributed by atoms with Crippen LogP contribution in [0, 0.1) is 12.7 Å². The second kappa shape index (κ2) is 5.71. The van der Waals surface area contributed by atoms with E-state index in [1.165, 1.54) is 17.4 Å². The Labute approximate surface area is 126 Å². The van der Waals surface area contributed by atoms with Gasteiger partial charge in [0.2, 0.25) is 0 Å². The molecule has 2 N–H and O–H groups in total. The van der Waals surface area contributed by atoms with Gasteiger partial charge >= 0.3 is 0 Å². The van der Waals surface area contributed by atoms with Gasteiger partial charge in [-0.25, -0.2) is 4.39 Å². The zero-order valence-corrected chi connectivity index (χ0v) is 12.3. The van der Waals surface area contributed by atoms with Gasteiger partial charge in [-0.3, -0.25) is 0 Å². The molecule has 0 radical (unpaired) electrons. The van der Waals surface area contributed by atoms with Crippen LogP contribution in [0.5, 0.6) is 0 Å². The number of nitrogens with two attached hydrogens (primary N) is 1. The first-order valence-electron chi connectivity index (χ1n) is 6.55. The van der Waals surface area contributed by atoms with Crippen LogP contribution in [0.15, 0.2) is 48.5 Å². The fourth-order valence-electron chi connectivity index (χ4n) is 2.01. The first-order chi connectivity index (χ1) is 10.1. The number of aromatic nitrogens is 2. The predicted molar refractivity (Wildman–Crippen MR) is 82.5 cm³/mol. The molecular weight excluding hydrogens is 285 g/mol. The van der Waals surface area contributed by atoms with Gasteiger partial charge < -0.3 is 5.73 Å². The lowest BCUT2D eigenvalue weighted by Gasteiger charge is -2.06. The van der Waals surface area contributed by atoms with Crippen LogP contribution in [-0.4, -0.2) is 10.2 Å². The van der Waals surface area contributed by atoms with Crippen molar-refractivity contribution in [2.24, 2.45) is 5.73 Å². The Bertz CT molecular complexity index is 755. The van der Waals surface area contributed by atoms with Gasteiger partial charge in [0.25, 0.3) is 0 Å². The molecule has 0 amide bonds. The third-order valence-corrected chi connectivity index (χ3v) is 4.34. The lowest BCUT2D eigenvalue weighted by atomic mass is 10.1. The Kier molecular flexibility index (Phi) is 3.77. The van der Waals surface area contributed by atoms with Crippen LogP contribution in [0.1, 0.15) is 22.2 Å². The van der Waals surface area contributed by atoms with Crippen molar-refractivity contribution in [1.29, 1.82) is 0 Å². The average Bonchev–Trinajstić information content (AvgIpc) is 3.00. The monoisotopic (exact) mass is 299 g/mol. The molecule has 0 bridgehead atoms. The van der Waals surface area contributed by atoms with E-state index in [-0.39, 0.29) is 11.9 Å². The predicted octanol–water partition coefficient (Wildman–Crippen LogP) is 3.70. The summed E-state index contributed by atoms with van der Waals surface area (Å²) in [7, 11) is 0.